The van der Waals surface area contributed by atoms with Gasteiger partial charge in [0.15, 0.2) is 5.96 Å². The third-order valence-electron chi connectivity index (χ3n) is 7.51. The Morgan fingerprint density at radius 2 is 1.83 bits per heavy atom. The SMILES string of the molecule is CNC(=O)[C@H](Cc1ccc2ccccc2c1)N1CC[C@H](CNC(=O)c2ccc(F)cc2)N[C@H](CCCNC(=N)N)C1=O. The Morgan fingerprint density at radius 3 is 2.55 bits per heavy atom. The molecule has 0 saturated carbocycles. The summed E-state index contributed by atoms with van der Waals surface area (Å²) in [5, 5.41) is 21.3. The minimum atomic E-state index is -0.726. The fourth-order valence-electron chi connectivity index (χ4n) is 5.27. The Hall–Kier alpha value is -4.51. The molecule has 4 rings (SSSR count). The Kier molecular flexibility index (Phi) is 10.4. The predicted molar refractivity (Wildman–Crippen MR) is 160 cm³/mol. The third kappa shape index (κ3) is 8.03. The Labute approximate surface area is 244 Å². The third-order valence-corrected chi connectivity index (χ3v) is 7.51. The number of nitrogens with two attached hydrogens (primary N) is 1. The van der Waals surface area contributed by atoms with Gasteiger partial charge in [-0.05, 0) is 59.9 Å². The van der Waals surface area contributed by atoms with E-state index in [1.54, 1.807) is 11.9 Å². The van der Waals surface area contributed by atoms with Crippen molar-refractivity contribution in [3.05, 3.63) is 83.7 Å². The van der Waals surface area contributed by atoms with Crippen LogP contribution in [0, 0.1) is 11.2 Å². The topological polar surface area (TPSA) is 152 Å². The molecule has 0 bridgehead atoms. The van der Waals surface area contributed by atoms with Gasteiger partial charge in [0.2, 0.25) is 11.8 Å². The number of rotatable bonds is 11. The van der Waals surface area contributed by atoms with Crippen molar-refractivity contribution in [2.75, 3.05) is 26.7 Å². The fraction of sp³-hybridized carbons (Fsp3) is 0.355. The highest BCUT2D eigenvalue weighted by Crippen LogP contribution is 2.21. The molecule has 0 aliphatic carbocycles. The van der Waals surface area contributed by atoms with Crippen LogP contribution >= 0.6 is 0 Å². The molecule has 0 spiro atoms. The van der Waals surface area contributed by atoms with Gasteiger partial charge in [-0.15, -0.1) is 0 Å². The monoisotopic (exact) mass is 575 g/mol. The maximum Gasteiger partial charge on any atom is 0.251 e. The zero-order valence-corrected chi connectivity index (χ0v) is 23.7. The first-order valence-electron chi connectivity index (χ1n) is 14.1. The van der Waals surface area contributed by atoms with Gasteiger partial charge in [-0.3, -0.25) is 19.8 Å². The van der Waals surface area contributed by atoms with Gasteiger partial charge in [-0.25, -0.2) is 4.39 Å². The summed E-state index contributed by atoms with van der Waals surface area (Å²) in [5.41, 5.74) is 6.68. The summed E-state index contributed by atoms with van der Waals surface area (Å²) in [6.07, 6.45) is 1.85. The highest BCUT2D eigenvalue weighted by Gasteiger charge is 2.37. The standard InChI is InChI=1S/C31H38FN7O3/c1-35-29(41)27(18-20-8-9-21-5-2-3-6-23(21)17-20)39-16-14-25(19-37-28(40)22-10-12-24(32)13-11-22)38-26(30(39)42)7-4-15-36-31(33)34/h2-3,5-6,8-13,17,25-27,38H,4,7,14-16,18-19H2,1H3,(H,35,41)(H,37,40)(H4,33,34,36)/t25-,26-,27+/m1/s1. The molecule has 3 aromatic carbocycles. The highest BCUT2D eigenvalue weighted by molar-refractivity contribution is 5.94. The van der Waals surface area contributed by atoms with Crippen LogP contribution in [0.2, 0.25) is 0 Å². The van der Waals surface area contributed by atoms with E-state index in [4.69, 9.17) is 11.1 Å². The van der Waals surface area contributed by atoms with Crippen molar-refractivity contribution in [3.63, 3.8) is 0 Å². The second-order valence-electron chi connectivity index (χ2n) is 10.5. The average molecular weight is 576 g/mol. The predicted octanol–water partition coefficient (Wildman–Crippen LogP) is 1.89. The molecule has 1 aliphatic rings. The van der Waals surface area contributed by atoms with Crippen molar-refractivity contribution >= 4 is 34.5 Å². The number of guanidine groups is 1. The molecule has 3 atom stereocenters. The smallest absolute Gasteiger partial charge is 0.251 e. The van der Waals surface area contributed by atoms with Crippen LogP contribution in [0.5, 0.6) is 0 Å². The summed E-state index contributed by atoms with van der Waals surface area (Å²) in [7, 11) is 1.56. The van der Waals surface area contributed by atoms with Crippen molar-refractivity contribution in [1.29, 1.82) is 5.41 Å². The largest absolute Gasteiger partial charge is 0.370 e. The number of halogens is 1. The van der Waals surface area contributed by atoms with Gasteiger partial charge in [0.05, 0.1) is 6.04 Å². The van der Waals surface area contributed by atoms with Gasteiger partial charge in [0.25, 0.3) is 5.91 Å². The Bertz CT molecular complexity index is 1420. The molecule has 11 heteroatoms. The lowest BCUT2D eigenvalue weighted by molar-refractivity contribution is -0.141. The summed E-state index contributed by atoms with van der Waals surface area (Å²) in [5.74, 6) is -1.36. The first kappa shape index (κ1) is 30.4. The maximum absolute atomic E-state index is 13.9. The molecule has 3 aromatic rings. The van der Waals surface area contributed by atoms with E-state index in [9.17, 15) is 18.8 Å². The lowest BCUT2D eigenvalue weighted by Gasteiger charge is -2.31. The van der Waals surface area contributed by atoms with Crippen molar-refractivity contribution < 1.29 is 18.8 Å². The van der Waals surface area contributed by atoms with Gasteiger partial charge < -0.3 is 31.9 Å². The van der Waals surface area contributed by atoms with E-state index < -0.39 is 17.9 Å². The number of benzene rings is 3. The van der Waals surface area contributed by atoms with Crippen LogP contribution in [0.4, 0.5) is 4.39 Å². The summed E-state index contributed by atoms with van der Waals surface area (Å²) in [6.45, 7) is 0.981. The average Bonchev–Trinajstić information content (AvgIpc) is 3.14. The van der Waals surface area contributed by atoms with E-state index >= 15 is 0 Å². The molecular weight excluding hydrogens is 537 g/mol. The molecule has 42 heavy (non-hydrogen) atoms. The molecule has 1 fully saturated rings. The number of nitrogens with one attached hydrogen (secondary N) is 5. The van der Waals surface area contributed by atoms with Crippen LogP contribution in [0.25, 0.3) is 10.8 Å². The molecule has 1 saturated heterocycles. The van der Waals surface area contributed by atoms with Crippen LogP contribution in [0.15, 0.2) is 66.7 Å². The maximum atomic E-state index is 13.9. The molecule has 7 N–H and O–H groups in total. The first-order valence-corrected chi connectivity index (χ1v) is 14.1. The molecule has 0 aromatic heterocycles. The normalized spacial score (nSPS) is 17.8. The second kappa shape index (κ2) is 14.4. The number of carbonyl (C=O) groups excluding carboxylic acids is 3. The first-order chi connectivity index (χ1) is 20.2. The summed E-state index contributed by atoms with van der Waals surface area (Å²) >= 11 is 0. The van der Waals surface area contributed by atoms with E-state index in [2.05, 4.69) is 21.3 Å². The molecule has 0 radical (unpaired) electrons. The summed E-state index contributed by atoms with van der Waals surface area (Å²) in [6, 6.07) is 17.7. The van der Waals surface area contributed by atoms with E-state index in [-0.39, 0.29) is 36.3 Å². The van der Waals surface area contributed by atoms with E-state index in [0.717, 1.165) is 16.3 Å². The van der Waals surface area contributed by atoms with Gasteiger partial charge in [-0.1, -0.05) is 42.5 Å². The lowest BCUT2D eigenvalue weighted by Crippen LogP contribution is -2.54. The molecule has 10 nitrogen and oxygen atoms in total. The second-order valence-corrected chi connectivity index (χ2v) is 10.5. The Morgan fingerprint density at radius 1 is 1.10 bits per heavy atom. The van der Waals surface area contributed by atoms with Crippen LogP contribution in [0.1, 0.15) is 35.2 Å². The zero-order chi connectivity index (χ0) is 30.1. The number of hydrogen-bond acceptors (Lipinski definition) is 5. The van der Waals surface area contributed by atoms with Gasteiger partial charge in [-0.2, -0.15) is 0 Å². The van der Waals surface area contributed by atoms with Crippen LogP contribution in [-0.4, -0.2) is 73.4 Å². The number of carbonyl (C=O) groups is 3. The Balaban J connectivity index is 1.52. The lowest BCUT2D eigenvalue weighted by atomic mass is 9.99. The summed E-state index contributed by atoms with van der Waals surface area (Å²) < 4.78 is 13.3. The molecule has 1 aliphatic heterocycles. The minimum Gasteiger partial charge on any atom is -0.370 e. The highest BCUT2D eigenvalue weighted by atomic mass is 19.1. The van der Waals surface area contributed by atoms with Crippen molar-refractivity contribution in [3.8, 4) is 0 Å². The molecule has 0 unspecified atom stereocenters. The van der Waals surface area contributed by atoms with Crippen LogP contribution in [0.3, 0.4) is 0 Å². The number of fused-ring (bicyclic) bond motifs is 1. The quantitative estimate of drug-likeness (QED) is 0.117. The molecule has 222 valence electrons. The number of likely N-dealkylation sites (N-methyl/N-ethyl adjacent to an activating group) is 1. The number of nitrogens with zero attached hydrogens (tertiary/aromatic N) is 1. The van der Waals surface area contributed by atoms with E-state index in [1.807, 2.05) is 42.5 Å². The number of hydrogen-bond donors (Lipinski definition) is 6. The van der Waals surface area contributed by atoms with Crippen LogP contribution in [-0.2, 0) is 16.0 Å². The fourth-order valence-corrected chi connectivity index (χ4v) is 5.27. The summed E-state index contributed by atoms with van der Waals surface area (Å²) in [4.78, 5) is 41.5. The van der Waals surface area contributed by atoms with Gasteiger partial charge in [0, 0.05) is 44.7 Å². The number of amides is 3. The molecule has 1 heterocycles. The zero-order valence-electron chi connectivity index (χ0n) is 23.7. The van der Waals surface area contributed by atoms with Gasteiger partial charge in [0.1, 0.15) is 11.9 Å². The van der Waals surface area contributed by atoms with Crippen molar-refractivity contribution in [2.45, 2.75) is 43.8 Å². The van der Waals surface area contributed by atoms with E-state index in [1.165, 1.54) is 24.3 Å². The molecule has 3 amide bonds. The van der Waals surface area contributed by atoms with Crippen molar-refractivity contribution in [1.82, 2.24) is 26.2 Å². The minimum absolute atomic E-state index is 0.145. The van der Waals surface area contributed by atoms with Crippen molar-refractivity contribution in [2.24, 2.45) is 5.73 Å². The van der Waals surface area contributed by atoms with Crippen LogP contribution < -0.4 is 27.0 Å². The van der Waals surface area contributed by atoms with Gasteiger partial charge >= 0.3 is 0 Å². The molecular formula is C31H38FN7O3. The van der Waals surface area contributed by atoms with E-state index in [0.29, 0.717) is 44.3 Å².